The highest BCUT2D eigenvalue weighted by Gasteiger charge is 2.27. The third kappa shape index (κ3) is 3.92. The lowest BCUT2D eigenvalue weighted by atomic mass is 10.1. The summed E-state index contributed by atoms with van der Waals surface area (Å²) in [7, 11) is -3.30. The molecule has 1 aromatic rings. The number of fused-ring (bicyclic) bond motifs is 1. The van der Waals surface area contributed by atoms with Gasteiger partial charge in [-0.05, 0) is 6.07 Å². The van der Waals surface area contributed by atoms with Gasteiger partial charge in [0, 0.05) is 18.2 Å². The Morgan fingerprint density at radius 2 is 2.11 bits per heavy atom. The standard InChI is InChI=1S/C13H20N2O3S/c1-10(2)14-7-8-19(16,17)15-12-9-18-13-6-4-3-5-11(12)13/h3-6,10,12,14-15H,7-9H2,1-2H3. The van der Waals surface area contributed by atoms with E-state index in [2.05, 4.69) is 10.0 Å². The van der Waals surface area contributed by atoms with Crippen LogP contribution in [0.3, 0.4) is 0 Å². The van der Waals surface area contributed by atoms with Crippen LogP contribution in [0.25, 0.3) is 0 Å². The van der Waals surface area contributed by atoms with E-state index in [1.54, 1.807) is 0 Å². The molecular weight excluding hydrogens is 264 g/mol. The summed E-state index contributed by atoms with van der Waals surface area (Å²) >= 11 is 0. The summed E-state index contributed by atoms with van der Waals surface area (Å²) in [6.45, 7) is 4.78. The predicted molar refractivity (Wildman–Crippen MR) is 74.7 cm³/mol. The van der Waals surface area contributed by atoms with Crippen molar-refractivity contribution in [1.29, 1.82) is 0 Å². The second kappa shape index (κ2) is 5.90. The maximum Gasteiger partial charge on any atom is 0.213 e. The number of sulfonamides is 1. The molecule has 0 bridgehead atoms. The number of nitrogens with one attached hydrogen (secondary N) is 2. The highest BCUT2D eigenvalue weighted by molar-refractivity contribution is 7.89. The van der Waals surface area contributed by atoms with Crippen molar-refractivity contribution < 1.29 is 13.2 Å². The molecular formula is C13H20N2O3S. The van der Waals surface area contributed by atoms with Crippen LogP contribution in [-0.4, -0.2) is 33.4 Å². The number of rotatable bonds is 6. The molecule has 0 aliphatic carbocycles. The van der Waals surface area contributed by atoms with Crippen LogP contribution in [0.15, 0.2) is 24.3 Å². The smallest absolute Gasteiger partial charge is 0.213 e. The minimum Gasteiger partial charge on any atom is -0.491 e. The van der Waals surface area contributed by atoms with E-state index in [1.165, 1.54) is 0 Å². The van der Waals surface area contributed by atoms with Gasteiger partial charge in [-0.1, -0.05) is 32.0 Å². The molecule has 1 aliphatic heterocycles. The zero-order valence-electron chi connectivity index (χ0n) is 11.2. The Morgan fingerprint density at radius 1 is 1.37 bits per heavy atom. The van der Waals surface area contributed by atoms with Gasteiger partial charge < -0.3 is 10.1 Å². The van der Waals surface area contributed by atoms with Crippen LogP contribution < -0.4 is 14.8 Å². The molecule has 106 valence electrons. The van der Waals surface area contributed by atoms with Crippen molar-refractivity contribution in [2.75, 3.05) is 18.9 Å². The first-order valence-corrected chi connectivity index (χ1v) is 8.08. The second-order valence-electron chi connectivity index (χ2n) is 4.95. The van der Waals surface area contributed by atoms with Crippen molar-refractivity contribution in [2.45, 2.75) is 25.9 Å². The Balaban J connectivity index is 1.94. The van der Waals surface area contributed by atoms with E-state index in [0.29, 0.717) is 13.2 Å². The van der Waals surface area contributed by atoms with E-state index in [0.717, 1.165) is 11.3 Å². The summed E-state index contributed by atoms with van der Waals surface area (Å²) in [6, 6.07) is 7.51. The molecule has 2 rings (SSSR count). The van der Waals surface area contributed by atoms with Crippen LogP contribution in [0.5, 0.6) is 5.75 Å². The normalized spacial score (nSPS) is 18.4. The summed E-state index contributed by atoms with van der Waals surface area (Å²) in [4.78, 5) is 0. The molecule has 5 nitrogen and oxygen atoms in total. The highest BCUT2D eigenvalue weighted by Crippen LogP contribution is 2.31. The predicted octanol–water partition coefficient (Wildman–Crippen LogP) is 1.04. The number of hydrogen-bond acceptors (Lipinski definition) is 4. The van der Waals surface area contributed by atoms with Crippen LogP contribution in [0.4, 0.5) is 0 Å². The lowest BCUT2D eigenvalue weighted by Gasteiger charge is -2.13. The third-order valence-electron chi connectivity index (χ3n) is 2.95. The molecule has 1 heterocycles. The van der Waals surface area contributed by atoms with Crippen molar-refractivity contribution >= 4 is 10.0 Å². The molecule has 0 saturated carbocycles. The van der Waals surface area contributed by atoms with Gasteiger partial charge in [-0.25, -0.2) is 13.1 Å². The van der Waals surface area contributed by atoms with Crippen LogP contribution in [0, 0.1) is 0 Å². The molecule has 6 heteroatoms. The average Bonchev–Trinajstić information content (AvgIpc) is 2.71. The van der Waals surface area contributed by atoms with Crippen molar-refractivity contribution in [1.82, 2.24) is 10.0 Å². The topological polar surface area (TPSA) is 67.4 Å². The van der Waals surface area contributed by atoms with Gasteiger partial charge in [-0.2, -0.15) is 0 Å². The Morgan fingerprint density at radius 3 is 2.84 bits per heavy atom. The highest BCUT2D eigenvalue weighted by atomic mass is 32.2. The largest absolute Gasteiger partial charge is 0.491 e. The van der Waals surface area contributed by atoms with Gasteiger partial charge in [0.1, 0.15) is 12.4 Å². The number of ether oxygens (including phenoxy) is 1. The van der Waals surface area contributed by atoms with Gasteiger partial charge in [0.05, 0.1) is 11.8 Å². The first kappa shape index (κ1) is 14.3. The summed E-state index contributed by atoms with van der Waals surface area (Å²) < 4.78 is 32.1. The molecule has 0 spiro atoms. The summed E-state index contributed by atoms with van der Waals surface area (Å²) in [6.07, 6.45) is 0. The maximum atomic E-state index is 12.0. The second-order valence-corrected chi connectivity index (χ2v) is 6.82. The fourth-order valence-electron chi connectivity index (χ4n) is 2.02. The zero-order valence-corrected chi connectivity index (χ0v) is 12.0. The number of hydrogen-bond donors (Lipinski definition) is 2. The molecule has 0 saturated heterocycles. The van der Waals surface area contributed by atoms with Crippen molar-refractivity contribution in [3.8, 4) is 5.75 Å². The molecule has 1 aromatic carbocycles. The molecule has 0 aromatic heterocycles. The first-order valence-electron chi connectivity index (χ1n) is 6.43. The van der Waals surface area contributed by atoms with Crippen molar-refractivity contribution in [3.63, 3.8) is 0 Å². The minimum atomic E-state index is -3.30. The molecule has 2 N–H and O–H groups in total. The molecule has 0 amide bonds. The van der Waals surface area contributed by atoms with Crippen LogP contribution in [0.2, 0.25) is 0 Å². The average molecular weight is 284 g/mol. The number of para-hydroxylation sites is 1. The van der Waals surface area contributed by atoms with Crippen molar-refractivity contribution in [2.24, 2.45) is 0 Å². The van der Waals surface area contributed by atoms with E-state index < -0.39 is 10.0 Å². The molecule has 0 radical (unpaired) electrons. The zero-order chi connectivity index (χ0) is 13.9. The Bertz CT molecular complexity index is 528. The fourth-order valence-corrected chi connectivity index (χ4v) is 3.15. The third-order valence-corrected chi connectivity index (χ3v) is 4.33. The quantitative estimate of drug-likeness (QED) is 0.819. The monoisotopic (exact) mass is 284 g/mol. The Hall–Kier alpha value is -1.11. The molecule has 0 fully saturated rings. The summed E-state index contributed by atoms with van der Waals surface area (Å²) in [5, 5.41) is 3.10. The maximum absolute atomic E-state index is 12.0. The van der Waals surface area contributed by atoms with Gasteiger partial charge in [-0.3, -0.25) is 0 Å². The summed E-state index contributed by atoms with van der Waals surface area (Å²) in [5.41, 5.74) is 0.905. The lowest BCUT2D eigenvalue weighted by Crippen LogP contribution is -2.36. The number of benzene rings is 1. The van der Waals surface area contributed by atoms with E-state index >= 15 is 0 Å². The first-order chi connectivity index (χ1) is 8.98. The minimum absolute atomic E-state index is 0.0733. The van der Waals surface area contributed by atoms with Crippen LogP contribution in [-0.2, 0) is 10.0 Å². The van der Waals surface area contributed by atoms with Gasteiger partial charge >= 0.3 is 0 Å². The summed E-state index contributed by atoms with van der Waals surface area (Å²) in [5.74, 6) is 0.833. The van der Waals surface area contributed by atoms with Gasteiger partial charge in [-0.15, -0.1) is 0 Å². The van der Waals surface area contributed by atoms with E-state index in [1.807, 2.05) is 38.1 Å². The lowest BCUT2D eigenvalue weighted by molar-refractivity contribution is 0.325. The van der Waals surface area contributed by atoms with Gasteiger partial charge in [0.2, 0.25) is 10.0 Å². The van der Waals surface area contributed by atoms with Crippen molar-refractivity contribution in [3.05, 3.63) is 29.8 Å². The molecule has 19 heavy (non-hydrogen) atoms. The molecule has 1 aliphatic rings. The van der Waals surface area contributed by atoms with E-state index in [9.17, 15) is 8.42 Å². The molecule has 1 unspecified atom stereocenters. The fraction of sp³-hybridized carbons (Fsp3) is 0.538. The van der Waals surface area contributed by atoms with E-state index in [4.69, 9.17) is 4.74 Å². The van der Waals surface area contributed by atoms with Gasteiger partial charge in [0.25, 0.3) is 0 Å². The van der Waals surface area contributed by atoms with Crippen LogP contribution in [0.1, 0.15) is 25.5 Å². The Kier molecular flexibility index (Phi) is 4.44. The van der Waals surface area contributed by atoms with E-state index in [-0.39, 0.29) is 17.8 Å². The molecule has 1 atom stereocenters. The van der Waals surface area contributed by atoms with Gasteiger partial charge in [0.15, 0.2) is 0 Å². The SMILES string of the molecule is CC(C)NCCS(=O)(=O)NC1COc2ccccc21. The Labute approximate surface area is 114 Å². The van der Waals surface area contributed by atoms with Crippen LogP contribution >= 0.6 is 0 Å².